The van der Waals surface area contributed by atoms with Crippen LogP contribution in [-0.2, 0) is 19.6 Å². The van der Waals surface area contributed by atoms with Gasteiger partial charge in [0.15, 0.2) is 0 Å². The highest BCUT2D eigenvalue weighted by molar-refractivity contribution is 7.89. The molecule has 1 aromatic rings. The molecule has 0 spiro atoms. The van der Waals surface area contributed by atoms with E-state index in [-0.39, 0.29) is 4.90 Å². The molecule has 0 aliphatic heterocycles. The smallest absolute Gasteiger partial charge is 0.329 e. The van der Waals surface area contributed by atoms with Crippen LogP contribution in [0.5, 0.6) is 0 Å². The Morgan fingerprint density at radius 2 is 1.83 bits per heavy atom. The fraction of sp³-hybridized carbons (Fsp3) is 0.429. The number of carbonyl (C=O) groups is 2. The van der Waals surface area contributed by atoms with E-state index in [0.717, 1.165) is 0 Å². The highest BCUT2D eigenvalue weighted by Gasteiger charge is 2.46. The molecule has 1 amide bonds. The molecule has 23 heavy (non-hydrogen) atoms. The van der Waals surface area contributed by atoms with Gasteiger partial charge < -0.3 is 10.4 Å². The Bertz CT molecular complexity index is 713. The van der Waals surface area contributed by atoms with Gasteiger partial charge in [-0.05, 0) is 50.5 Å². The van der Waals surface area contributed by atoms with E-state index in [1.54, 1.807) is 0 Å². The molecule has 1 aliphatic carbocycles. The number of hydrogen-bond donors (Lipinski definition) is 3. The molecule has 1 aliphatic rings. The molecule has 0 radical (unpaired) electrons. The van der Waals surface area contributed by atoms with Crippen LogP contribution in [-0.4, -0.2) is 37.0 Å². The normalized spacial score (nSPS) is 17.8. The van der Waals surface area contributed by atoms with Crippen LogP contribution in [0.25, 0.3) is 0 Å². The number of carboxylic acids is 1. The van der Waals surface area contributed by atoms with Crippen molar-refractivity contribution >= 4 is 33.5 Å². The highest BCUT2D eigenvalue weighted by Crippen LogP contribution is 2.32. The number of carboxylic acid groups (broad SMARTS) is 1. The van der Waals surface area contributed by atoms with E-state index in [9.17, 15) is 23.1 Å². The molecule has 2 rings (SSSR count). The van der Waals surface area contributed by atoms with Gasteiger partial charge in [-0.2, -0.15) is 4.72 Å². The van der Waals surface area contributed by atoms with Crippen LogP contribution in [0, 0.1) is 0 Å². The minimum Gasteiger partial charge on any atom is -0.480 e. The minimum atomic E-state index is -3.90. The largest absolute Gasteiger partial charge is 0.480 e. The maximum Gasteiger partial charge on any atom is 0.329 e. The average molecular weight is 361 g/mol. The Kier molecular flexibility index (Phi) is 4.98. The zero-order valence-electron chi connectivity index (χ0n) is 12.4. The molecule has 1 fully saturated rings. The lowest BCUT2D eigenvalue weighted by molar-refractivity contribution is -0.152. The number of rotatable bonds is 6. The number of benzene rings is 1. The molecular formula is C14H17ClN2O5S. The van der Waals surface area contributed by atoms with E-state index in [0.29, 0.717) is 24.3 Å². The highest BCUT2D eigenvalue weighted by atomic mass is 35.5. The lowest BCUT2D eigenvalue weighted by atomic mass is 9.76. The summed E-state index contributed by atoms with van der Waals surface area (Å²) in [5.74, 6) is -1.78. The Balaban J connectivity index is 2.05. The van der Waals surface area contributed by atoms with Crippen molar-refractivity contribution in [1.29, 1.82) is 0 Å². The first-order valence-electron chi connectivity index (χ1n) is 7.00. The second-order valence-corrected chi connectivity index (χ2v) is 7.68. The summed E-state index contributed by atoms with van der Waals surface area (Å²) in [6.45, 7) is 1.36. The van der Waals surface area contributed by atoms with Crippen molar-refractivity contribution < 1.29 is 23.1 Å². The fourth-order valence-electron chi connectivity index (χ4n) is 2.23. The first-order valence-corrected chi connectivity index (χ1v) is 8.86. The minimum absolute atomic E-state index is 0.0295. The second-order valence-electron chi connectivity index (χ2n) is 5.53. The third kappa shape index (κ3) is 3.82. The lowest BCUT2D eigenvalue weighted by Gasteiger charge is -2.38. The van der Waals surface area contributed by atoms with Crippen LogP contribution in [0.2, 0.25) is 5.02 Å². The molecule has 0 bridgehead atoms. The van der Waals surface area contributed by atoms with Crippen LogP contribution in [0.3, 0.4) is 0 Å². The molecule has 126 valence electrons. The molecular weight excluding hydrogens is 344 g/mol. The number of sulfonamides is 1. The molecule has 1 aromatic carbocycles. The van der Waals surface area contributed by atoms with Crippen molar-refractivity contribution in [3.05, 3.63) is 29.3 Å². The summed E-state index contributed by atoms with van der Waals surface area (Å²) in [7, 11) is -3.90. The van der Waals surface area contributed by atoms with Gasteiger partial charge in [-0.25, -0.2) is 13.2 Å². The van der Waals surface area contributed by atoms with E-state index < -0.39 is 33.5 Å². The van der Waals surface area contributed by atoms with E-state index in [2.05, 4.69) is 10.0 Å². The standard InChI is InChI=1S/C14H17ClN2O5S/c1-9(12(18)16-14(13(19)20)7-2-8-14)17-23(21,22)11-5-3-10(15)4-6-11/h3-6,9,17H,2,7-8H2,1H3,(H,16,18)(H,19,20). The van der Waals surface area contributed by atoms with Crippen molar-refractivity contribution in [2.24, 2.45) is 0 Å². The van der Waals surface area contributed by atoms with E-state index >= 15 is 0 Å². The van der Waals surface area contributed by atoms with Crippen LogP contribution >= 0.6 is 11.6 Å². The molecule has 1 saturated carbocycles. The van der Waals surface area contributed by atoms with Crippen molar-refractivity contribution in [1.82, 2.24) is 10.0 Å². The third-order valence-corrected chi connectivity index (χ3v) is 5.64. The molecule has 3 N–H and O–H groups in total. The van der Waals surface area contributed by atoms with Gasteiger partial charge in [0.1, 0.15) is 5.54 Å². The summed E-state index contributed by atoms with van der Waals surface area (Å²) >= 11 is 5.71. The zero-order chi connectivity index (χ0) is 17.3. The monoisotopic (exact) mass is 360 g/mol. The first-order chi connectivity index (χ1) is 10.7. The predicted octanol–water partition coefficient (Wildman–Crippen LogP) is 1.13. The maximum atomic E-state index is 12.2. The van der Waals surface area contributed by atoms with Gasteiger partial charge in [0.05, 0.1) is 10.9 Å². The van der Waals surface area contributed by atoms with Crippen LogP contribution in [0.4, 0.5) is 0 Å². The first kappa shape index (κ1) is 17.7. The molecule has 0 aromatic heterocycles. The van der Waals surface area contributed by atoms with Gasteiger partial charge in [0, 0.05) is 5.02 Å². The van der Waals surface area contributed by atoms with Gasteiger partial charge in [-0.1, -0.05) is 11.6 Å². The SMILES string of the molecule is CC(NS(=O)(=O)c1ccc(Cl)cc1)C(=O)NC1(C(=O)O)CCC1. The fourth-order valence-corrected chi connectivity index (χ4v) is 3.56. The topological polar surface area (TPSA) is 113 Å². The summed E-state index contributed by atoms with van der Waals surface area (Å²) in [4.78, 5) is 23.3. The Hall–Kier alpha value is -1.64. The Morgan fingerprint density at radius 1 is 1.26 bits per heavy atom. The van der Waals surface area contributed by atoms with E-state index in [1.165, 1.54) is 31.2 Å². The lowest BCUT2D eigenvalue weighted by Crippen LogP contribution is -2.62. The molecule has 0 saturated heterocycles. The summed E-state index contributed by atoms with van der Waals surface area (Å²) < 4.78 is 26.6. The number of carbonyl (C=O) groups excluding carboxylic acids is 1. The molecule has 7 nitrogen and oxygen atoms in total. The molecule has 9 heteroatoms. The number of amides is 1. The molecule has 0 heterocycles. The van der Waals surface area contributed by atoms with E-state index in [1.807, 2.05) is 0 Å². The van der Waals surface area contributed by atoms with Crippen LogP contribution < -0.4 is 10.0 Å². The number of hydrogen-bond acceptors (Lipinski definition) is 4. The predicted molar refractivity (Wildman–Crippen MR) is 83.6 cm³/mol. The number of aliphatic carboxylic acids is 1. The molecule has 1 atom stereocenters. The van der Waals surface area contributed by atoms with Gasteiger partial charge in [-0.15, -0.1) is 0 Å². The number of nitrogens with one attached hydrogen (secondary N) is 2. The van der Waals surface area contributed by atoms with Crippen molar-refractivity contribution in [3.8, 4) is 0 Å². The third-order valence-electron chi connectivity index (χ3n) is 3.83. The van der Waals surface area contributed by atoms with Crippen LogP contribution in [0.15, 0.2) is 29.2 Å². The van der Waals surface area contributed by atoms with Crippen molar-refractivity contribution in [2.45, 2.75) is 42.7 Å². The average Bonchev–Trinajstić information content (AvgIpc) is 2.42. The second kappa shape index (κ2) is 6.46. The quantitative estimate of drug-likeness (QED) is 0.704. The maximum absolute atomic E-state index is 12.2. The summed E-state index contributed by atoms with van der Waals surface area (Å²) in [6.07, 6.45) is 1.38. The summed E-state index contributed by atoms with van der Waals surface area (Å²) in [5.41, 5.74) is -1.28. The summed E-state index contributed by atoms with van der Waals surface area (Å²) in [5, 5.41) is 12.0. The van der Waals surface area contributed by atoms with Gasteiger partial charge >= 0.3 is 5.97 Å². The van der Waals surface area contributed by atoms with Gasteiger partial charge in [-0.3, -0.25) is 4.79 Å². The van der Waals surface area contributed by atoms with Crippen LogP contribution in [0.1, 0.15) is 26.2 Å². The van der Waals surface area contributed by atoms with Gasteiger partial charge in [0.2, 0.25) is 15.9 Å². The zero-order valence-corrected chi connectivity index (χ0v) is 13.9. The van der Waals surface area contributed by atoms with Gasteiger partial charge in [0.25, 0.3) is 0 Å². The van der Waals surface area contributed by atoms with Crippen molar-refractivity contribution in [3.63, 3.8) is 0 Å². The van der Waals surface area contributed by atoms with Crippen molar-refractivity contribution in [2.75, 3.05) is 0 Å². The Morgan fingerprint density at radius 3 is 2.26 bits per heavy atom. The number of halogens is 1. The van der Waals surface area contributed by atoms with E-state index in [4.69, 9.17) is 11.6 Å². The Labute approximate surface area is 139 Å². The molecule has 1 unspecified atom stereocenters. The summed E-state index contributed by atoms with van der Waals surface area (Å²) in [6, 6.07) is 4.39.